The molecule has 0 aromatic carbocycles. The Morgan fingerprint density at radius 3 is 2.40 bits per heavy atom. The molecule has 5 nitrogen and oxygen atoms in total. The highest BCUT2D eigenvalue weighted by Gasteiger charge is 2.62. The van der Waals surface area contributed by atoms with Gasteiger partial charge in [0.2, 0.25) is 0 Å². The Labute approximate surface area is 121 Å². The minimum absolute atomic E-state index is 0.00333. The van der Waals surface area contributed by atoms with Crippen LogP contribution < -0.4 is 5.73 Å². The van der Waals surface area contributed by atoms with Gasteiger partial charge in [0, 0.05) is 18.5 Å². The number of carbonyl (C=O) groups excluding carboxylic acids is 1. The van der Waals surface area contributed by atoms with E-state index in [1.165, 1.54) is 0 Å². The van der Waals surface area contributed by atoms with Gasteiger partial charge in [-0.2, -0.15) is 0 Å². The third kappa shape index (κ3) is 2.79. The summed E-state index contributed by atoms with van der Waals surface area (Å²) in [6.45, 7) is 13.1. The summed E-state index contributed by atoms with van der Waals surface area (Å²) in [6.07, 6.45) is -0.262. The monoisotopic (exact) mass is 284 g/mol. The molecule has 1 heterocycles. The summed E-state index contributed by atoms with van der Waals surface area (Å²) in [7, 11) is 0. The zero-order chi connectivity index (χ0) is 15.3. The first-order valence-corrected chi connectivity index (χ1v) is 7.42. The van der Waals surface area contributed by atoms with Crippen LogP contribution in [0.1, 0.15) is 41.5 Å². The standard InChI is InChI=1S/C15H28N2O3/c1-9-11(10-12(16)15(10,5)6)17(7-8-19-9)13(18)20-14(2,3)4/h9-12H,7-8,16H2,1-6H3/t9-,10-,11?,12-/m1/s1. The smallest absolute Gasteiger partial charge is 0.410 e. The van der Waals surface area contributed by atoms with Crippen molar-refractivity contribution in [1.82, 2.24) is 4.90 Å². The van der Waals surface area contributed by atoms with Crippen LogP contribution in [-0.2, 0) is 9.47 Å². The molecule has 20 heavy (non-hydrogen) atoms. The minimum Gasteiger partial charge on any atom is -0.444 e. The Bertz CT molecular complexity index is 389. The normalized spacial score (nSPS) is 36.6. The second-order valence-electron chi connectivity index (χ2n) is 7.61. The summed E-state index contributed by atoms with van der Waals surface area (Å²) in [6, 6.07) is 0.116. The van der Waals surface area contributed by atoms with E-state index in [0.717, 1.165) is 0 Å². The van der Waals surface area contributed by atoms with Crippen molar-refractivity contribution in [3.8, 4) is 0 Å². The maximum absolute atomic E-state index is 12.4. The summed E-state index contributed by atoms with van der Waals surface area (Å²) < 4.78 is 11.3. The molecule has 1 saturated heterocycles. The van der Waals surface area contributed by atoms with E-state index < -0.39 is 5.60 Å². The van der Waals surface area contributed by atoms with E-state index in [1.807, 2.05) is 32.6 Å². The maximum atomic E-state index is 12.4. The van der Waals surface area contributed by atoms with Crippen molar-refractivity contribution < 1.29 is 14.3 Å². The first kappa shape index (κ1) is 15.6. The Morgan fingerprint density at radius 1 is 1.40 bits per heavy atom. The summed E-state index contributed by atoms with van der Waals surface area (Å²) >= 11 is 0. The van der Waals surface area contributed by atoms with Gasteiger partial charge in [-0.3, -0.25) is 4.90 Å². The molecule has 4 atom stereocenters. The van der Waals surface area contributed by atoms with Crippen molar-refractivity contribution in [2.24, 2.45) is 17.1 Å². The average Bonchev–Trinajstić information content (AvgIpc) is 2.76. The second kappa shape index (κ2) is 4.88. The van der Waals surface area contributed by atoms with Gasteiger partial charge < -0.3 is 15.2 Å². The summed E-state index contributed by atoms with van der Waals surface area (Å²) in [4.78, 5) is 14.2. The first-order chi connectivity index (χ1) is 9.05. The highest BCUT2D eigenvalue weighted by Crippen LogP contribution is 2.54. The molecule has 1 aliphatic heterocycles. The molecular formula is C15H28N2O3. The average molecular weight is 284 g/mol. The zero-order valence-corrected chi connectivity index (χ0v) is 13.5. The number of nitrogens with two attached hydrogens (primary N) is 1. The van der Waals surface area contributed by atoms with Crippen LogP contribution in [0.3, 0.4) is 0 Å². The second-order valence-corrected chi connectivity index (χ2v) is 7.61. The van der Waals surface area contributed by atoms with Crippen molar-refractivity contribution >= 4 is 6.09 Å². The molecule has 0 spiro atoms. The van der Waals surface area contributed by atoms with Crippen molar-refractivity contribution in [2.45, 2.75) is 65.3 Å². The maximum Gasteiger partial charge on any atom is 0.410 e. The third-order valence-corrected chi connectivity index (χ3v) is 4.55. The Hall–Kier alpha value is -0.810. The molecule has 2 fully saturated rings. The lowest BCUT2D eigenvalue weighted by molar-refractivity contribution is -0.0774. The SMILES string of the molecule is C[C@H]1OCCN(C(=O)OC(C)(C)C)C1[C@@H]1[C@@H](N)C1(C)C. The highest BCUT2D eigenvalue weighted by molar-refractivity contribution is 5.69. The van der Waals surface area contributed by atoms with Crippen molar-refractivity contribution in [3.05, 3.63) is 0 Å². The number of hydrogen-bond acceptors (Lipinski definition) is 4. The number of rotatable bonds is 1. The highest BCUT2D eigenvalue weighted by atomic mass is 16.6. The molecule has 2 rings (SSSR count). The van der Waals surface area contributed by atoms with Gasteiger partial charge in [0.1, 0.15) is 5.60 Å². The predicted octanol–water partition coefficient (Wildman–Crippen LogP) is 1.99. The molecular weight excluding hydrogens is 256 g/mol. The number of nitrogens with zero attached hydrogens (tertiary/aromatic N) is 1. The van der Waals surface area contributed by atoms with Gasteiger partial charge in [-0.1, -0.05) is 13.8 Å². The van der Waals surface area contributed by atoms with E-state index in [0.29, 0.717) is 13.2 Å². The van der Waals surface area contributed by atoms with E-state index in [-0.39, 0.29) is 35.6 Å². The molecule has 0 bridgehead atoms. The third-order valence-electron chi connectivity index (χ3n) is 4.55. The van der Waals surface area contributed by atoms with Crippen LogP contribution in [0.15, 0.2) is 0 Å². The van der Waals surface area contributed by atoms with Gasteiger partial charge in [-0.05, 0) is 33.1 Å². The largest absolute Gasteiger partial charge is 0.444 e. The van der Waals surface area contributed by atoms with Crippen LogP contribution >= 0.6 is 0 Å². The molecule has 0 aromatic rings. The minimum atomic E-state index is -0.482. The molecule has 2 N–H and O–H groups in total. The van der Waals surface area contributed by atoms with Gasteiger partial charge in [-0.15, -0.1) is 0 Å². The Balaban J connectivity index is 2.15. The van der Waals surface area contributed by atoms with Gasteiger partial charge in [0.15, 0.2) is 0 Å². The van der Waals surface area contributed by atoms with E-state index >= 15 is 0 Å². The molecule has 5 heteroatoms. The lowest BCUT2D eigenvalue weighted by Crippen LogP contribution is -2.56. The van der Waals surface area contributed by atoms with Gasteiger partial charge >= 0.3 is 6.09 Å². The van der Waals surface area contributed by atoms with Crippen LogP contribution in [0.25, 0.3) is 0 Å². The fourth-order valence-electron chi connectivity index (χ4n) is 3.23. The summed E-state index contributed by atoms with van der Waals surface area (Å²) in [5.41, 5.74) is 5.77. The van der Waals surface area contributed by atoms with Crippen LogP contribution in [-0.4, -0.2) is 47.9 Å². The Kier molecular flexibility index (Phi) is 3.80. The topological polar surface area (TPSA) is 64.8 Å². The Morgan fingerprint density at radius 2 is 1.95 bits per heavy atom. The fourth-order valence-corrected chi connectivity index (χ4v) is 3.23. The van der Waals surface area contributed by atoms with Gasteiger partial charge in [0.25, 0.3) is 0 Å². The quantitative estimate of drug-likeness (QED) is 0.800. The lowest BCUT2D eigenvalue weighted by atomic mass is 9.97. The molecule has 2 aliphatic rings. The van der Waals surface area contributed by atoms with Crippen LogP contribution in [0.4, 0.5) is 4.79 Å². The van der Waals surface area contributed by atoms with Gasteiger partial charge in [-0.25, -0.2) is 4.79 Å². The predicted molar refractivity (Wildman–Crippen MR) is 77.4 cm³/mol. The molecule has 116 valence electrons. The van der Waals surface area contributed by atoms with Crippen molar-refractivity contribution in [1.29, 1.82) is 0 Å². The van der Waals surface area contributed by atoms with Crippen molar-refractivity contribution in [3.63, 3.8) is 0 Å². The van der Waals surface area contributed by atoms with Crippen LogP contribution in [0.2, 0.25) is 0 Å². The first-order valence-electron chi connectivity index (χ1n) is 7.42. The molecule has 1 amide bonds. The van der Waals surface area contributed by atoms with E-state index in [1.54, 1.807) is 0 Å². The molecule has 1 saturated carbocycles. The number of amides is 1. The number of hydrogen-bond donors (Lipinski definition) is 1. The molecule has 1 aliphatic carbocycles. The van der Waals surface area contributed by atoms with E-state index in [2.05, 4.69) is 13.8 Å². The van der Waals surface area contributed by atoms with E-state index in [9.17, 15) is 4.79 Å². The van der Waals surface area contributed by atoms with Gasteiger partial charge in [0.05, 0.1) is 18.8 Å². The summed E-state index contributed by atoms with van der Waals surface area (Å²) in [5.74, 6) is 0.269. The molecule has 0 aromatic heterocycles. The van der Waals surface area contributed by atoms with Crippen LogP contribution in [0.5, 0.6) is 0 Å². The van der Waals surface area contributed by atoms with Crippen molar-refractivity contribution in [2.75, 3.05) is 13.2 Å². The number of ether oxygens (including phenoxy) is 2. The summed E-state index contributed by atoms with van der Waals surface area (Å²) in [5, 5.41) is 0. The fraction of sp³-hybridized carbons (Fsp3) is 0.933. The molecule has 0 radical (unpaired) electrons. The molecule has 1 unspecified atom stereocenters. The number of carbonyl (C=O) groups is 1. The van der Waals surface area contributed by atoms with Crippen LogP contribution in [0, 0.1) is 11.3 Å². The van der Waals surface area contributed by atoms with E-state index in [4.69, 9.17) is 15.2 Å². The number of morpholine rings is 1. The lowest BCUT2D eigenvalue weighted by Gasteiger charge is -2.41. The zero-order valence-electron chi connectivity index (χ0n) is 13.5.